The van der Waals surface area contributed by atoms with Gasteiger partial charge in [-0.2, -0.15) is 5.10 Å². The van der Waals surface area contributed by atoms with Crippen molar-refractivity contribution in [1.29, 1.82) is 0 Å². The molecule has 74 valence electrons. The fourth-order valence-corrected chi connectivity index (χ4v) is 1.39. The van der Waals surface area contributed by atoms with Gasteiger partial charge in [0.25, 0.3) is 5.78 Å². The van der Waals surface area contributed by atoms with Crippen LogP contribution in [-0.4, -0.2) is 26.1 Å². The van der Waals surface area contributed by atoms with E-state index in [9.17, 15) is 0 Å². The highest BCUT2D eigenvalue weighted by Gasteiger charge is 2.07. The van der Waals surface area contributed by atoms with Gasteiger partial charge in [-0.3, -0.25) is 4.40 Å². The van der Waals surface area contributed by atoms with Crippen LogP contribution in [0.15, 0.2) is 18.6 Å². The minimum Gasteiger partial charge on any atom is -0.330 e. The maximum atomic E-state index is 5.58. The molecule has 0 aliphatic rings. The van der Waals surface area contributed by atoms with Crippen molar-refractivity contribution in [2.24, 2.45) is 11.7 Å². The minimum absolute atomic E-state index is 0.461. The first kappa shape index (κ1) is 9.08. The second-order valence-corrected chi connectivity index (χ2v) is 3.48. The zero-order valence-corrected chi connectivity index (χ0v) is 8.09. The number of nitrogens with two attached hydrogens (primary N) is 1. The lowest BCUT2D eigenvalue weighted by Gasteiger charge is -2.06. The molecule has 2 heterocycles. The lowest BCUT2D eigenvalue weighted by atomic mass is 10.1. The molecule has 0 radical (unpaired) electrons. The lowest BCUT2D eigenvalue weighted by Crippen LogP contribution is -2.14. The van der Waals surface area contributed by atoms with Gasteiger partial charge < -0.3 is 5.73 Å². The molecular formula is C9H13N5. The fourth-order valence-electron chi connectivity index (χ4n) is 1.39. The molecule has 2 rings (SSSR count). The van der Waals surface area contributed by atoms with E-state index >= 15 is 0 Å². The van der Waals surface area contributed by atoms with Gasteiger partial charge in [-0.05, 0) is 18.9 Å². The Hall–Kier alpha value is -1.49. The summed E-state index contributed by atoms with van der Waals surface area (Å²) in [7, 11) is 0. The smallest absolute Gasteiger partial charge is 0.253 e. The quantitative estimate of drug-likeness (QED) is 0.755. The highest BCUT2D eigenvalue weighted by Crippen LogP contribution is 2.08. The Morgan fingerprint density at radius 1 is 1.57 bits per heavy atom. The number of hydrogen-bond acceptors (Lipinski definition) is 4. The SMILES string of the molecule is CC(CN)Cc1cnc2nnccn12. The second kappa shape index (κ2) is 3.71. The Morgan fingerprint density at radius 3 is 3.21 bits per heavy atom. The monoisotopic (exact) mass is 191 g/mol. The van der Waals surface area contributed by atoms with Crippen molar-refractivity contribution >= 4 is 5.78 Å². The van der Waals surface area contributed by atoms with Gasteiger partial charge in [0.05, 0.1) is 12.4 Å². The molecule has 0 saturated heterocycles. The maximum absolute atomic E-state index is 5.58. The molecule has 2 N–H and O–H groups in total. The molecule has 0 spiro atoms. The molecule has 0 fully saturated rings. The third-order valence-corrected chi connectivity index (χ3v) is 2.24. The van der Waals surface area contributed by atoms with Crippen LogP contribution in [0.5, 0.6) is 0 Å². The molecule has 1 atom stereocenters. The summed E-state index contributed by atoms with van der Waals surface area (Å²) < 4.78 is 1.94. The number of aromatic nitrogens is 4. The topological polar surface area (TPSA) is 69.1 Å². The molecule has 2 aromatic heterocycles. The minimum atomic E-state index is 0.461. The van der Waals surface area contributed by atoms with Gasteiger partial charge in [0.1, 0.15) is 0 Å². The van der Waals surface area contributed by atoms with Crippen LogP contribution in [0.4, 0.5) is 0 Å². The number of rotatable bonds is 3. The van der Waals surface area contributed by atoms with Gasteiger partial charge in [0, 0.05) is 11.9 Å². The molecule has 14 heavy (non-hydrogen) atoms. The first-order valence-corrected chi connectivity index (χ1v) is 4.65. The summed E-state index contributed by atoms with van der Waals surface area (Å²) in [6, 6.07) is 0. The summed E-state index contributed by atoms with van der Waals surface area (Å²) in [5, 5.41) is 7.67. The average molecular weight is 191 g/mol. The van der Waals surface area contributed by atoms with Crippen LogP contribution in [-0.2, 0) is 6.42 Å². The van der Waals surface area contributed by atoms with Crippen LogP contribution >= 0.6 is 0 Å². The summed E-state index contributed by atoms with van der Waals surface area (Å²) >= 11 is 0. The number of imidazole rings is 1. The highest BCUT2D eigenvalue weighted by atomic mass is 15.2. The molecule has 5 nitrogen and oxygen atoms in total. The molecule has 2 aromatic rings. The summed E-state index contributed by atoms with van der Waals surface area (Å²) in [4.78, 5) is 4.15. The number of nitrogens with zero attached hydrogens (tertiary/aromatic N) is 4. The van der Waals surface area contributed by atoms with E-state index in [-0.39, 0.29) is 0 Å². The second-order valence-electron chi connectivity index (χ2n) is 3.48. The van der Waals surface area contributed by atoms with Gasteiger partial charge in [-0.15, -0.1) is 5.10 Å². The Labute approximate surface area is 82.0 Å². The Balaban J connectivity index is 2.33. The van der Waals surface area contributed by atoms with Gasteiger partial charge in [0.15, 0.2) is 0 Å². The number of hydrogen-bond donors (Lipinski definition) is 1. The van der Waals surface area contributed by atoms with E-state index < -0.39 is 0 Å². The average Bonchev–Trinajstić information content (AvgIpc) is 2.62. The van der Waals surface area contributed by atoms with E-state index in [1.165, 1.54) is 0 Å². The van der Waals surface area contributed by atoms with Crippen LogP contribution in [0.1, 0.15) is 12.6 Å². The molecule has 0 aromatic carbocycles. The van der Waals surface area contributed by atoms with E-state index in [2.05, 4.69) is 22.1 Å². The highest BCUT2D eigenvalue weighted by molar-refractivity contribution is 5.28. The van der Waals surface area contributed by atoms with Crippen LogP contribution in [0.3, 0.4) is 0 Å². The predicted molar refractivity (Wildman–Crippen MR) is 52.7 cm³/mol. The van der Waals surface area contributed by atoms with E-state index in [1.54, 1.807) is 6.20 Å². The molecule has 1 unspecified atom stereocenters. The Bertz CT molecular complexity index is 422. The van der Waals surface area contributed by atoms with Crippen molar-refractivity contribution in [3.05, 3.63) is 24.3 Å². The van der Waals surface area contributed by atoms with Crippen molar-refractivity contribution in [2.45, 2.75) is 13.3 Å². The van der Waals surface area contributed by atoms with E-state index in [1.807, 2.05) is 16.8 Å². The predicted octanol–water partition coefficient (Wildman–Crippen LogP) is 0.262. The summed E-state index contributed by atoms with van der Waals surface area (Å²) in [6.07, 6.45) is 6.28. The van der Waals surface area contributed by atoms with Crippen molar-refractivity contribution in [3.63, 3.8) is 0 Å². The Kier molecular flexibility index (Phi) is 2.41. The Morgan fingerprint density at radius 2 is 2.43 bits per heavy atom. The molecule has 0 saturated carbocycles. The third-order valence-electron chi connectivity index (χ3n) is 2.24. The maximum Gasteiger partial charge on any atom is 0.253 e. The van der Waals surface area contributed by atoms with Crippen molar-refractivity contribution < 1.29 is 0 Å². The molecule has 0 aliphatic heterocycles. The van der Waals surface area contributed by atoms with E-state index in [0.717, 1.165) is 12.1 Å². The summed E-state index contributed by atoms with van der Waals surface area (Å²) in [6.45, 7) is 2.81. The van der Waals surface area contributed by atoms with Crippen LogP contribution in [0, 0.1) is 5.92 Å². The fraction of sp³-hybridized carbons (Fsp3) is 0.444. The van der Waals surface area contributed by atoms with Gasteiger partial charge in [0.2, 0.25) is 0 Å². The lowest BCUT2D eigenvalue weighted by molar-refractivity contribution is 0.581. The van der Waals surface area contributed by atoms with Crippen molar-refractivity contribution in [3.8, 4) is 0 Å². The standard InChI is InChI=1S/C9H13N5/c1-7(5-10)4-8-6-11-9-13-12-2-3-14(8)9/h2-3,6-7H,4-5,10H2,1H3. The largest absolute Gasteiger partial charge is 0.330 e. The van der Waals surface area contributed by atoms with E-state index in [0.29, 0.717) is 18.2 Å². The summed E-state index contributed by atoms with van der Waals surface area (Å²) in [5.41, 5.74) is 6.71. The molecule has 0 amide bonds. The van der Waals surface area contributed by atoms with E-state index in [4.69, 9.17) is 5.73 Å². The molecule has 5 heteroatoms. The van der Waals surface area contributed by atoms with Crippen molar-refractivity contribution in [1.82, 2.24) is 19.6 Å². The third kappa shape index (κ3) is 1.58. The normalized spacial score (nSPS) is 13.3. The van der Waals surface area contributed by atoms with Gasteiger partial charge in [-0.25, -0.2) is 4.98 Å². The first-order valence-electron chi connectivity index (χ1n) is 4.65. The van der Waals surface area contributed by atoms with Gasteiger partial charge in [-0.1, -0.05) is 6.92 Å². The zero-order chi connectivity index (χ0) is 9.97. The molecule has 0 aliphatic carbocycles. The van der Waals surface area contributed by atoms with Crippen LogP contribution in [0.25, 0.3) is 5.78 Å². The zero-order valence-electron chi connectivity index (χ0n) is 8.09. The molecular weight excluding hydrogens is 178 g/mol. The number of fused-ring (bicyclic) bond motifs is 1. The van der Waals surface area contributed by atoms with Gasteiger partial charge >= 0.3 is 0 Å². The first-order chi connectivity index (χ1) is 6.81. The summed E-state index contributed by atoms with van der Waals surface area (Å²) in [5.74, 6) is 1.11. The van der Waals surface area contributed by atoms with Crippen LogP contribution in [0.2, 0.25) is 0 Å². The van der Waals surface area contributed by atoms with Crippen molar-refractivity contribution in [2.75, 3.05) is 6.54 Å². The molecule has 0 bridgehead atoms. The van der Waals surface area contributed by atoms with Crippen LogP contribution < -0.4 is 5.73 Å².